The molecule has 0 aromatic rings. The van der Waals surface area contributed by atoms with Gasteiger partial charge in [-0.1, -0.05) is 22.6 Å². The molecule has 1 heterocycles. The van der Waals surface area contributed by atoms with Gasteiger partial charge in [-0.2, -0.15) is 0 Å². The van der Waals surface area contributed by atoms with E-state index in [1.807, 2.05) is 0 Å². The molecule has 1 aliphatic rings. The number of ether oxygens (including phenoxy) is 1. The molecule has 1 nitrogen and oxygen atoms in total. The SMILES string of the molecule is CC1(C)C[C@@H](CI)CCO1. The molecule has 0 saturated carbocycles. The van der Waals surface area contributed by atoms with Crippen LogP contribution in [-0.2, 0) is 4.74 Å². The minimum absolute atomic E-state index is 0.147. The second-order valence-corrected chi connectivity index (χ2v) is 4.50. The van der Waals surface area contributed by atoms with Crippen molar-refractivity contribution in [3.63, 3.8) is 0 Å². The molecule has 0 amide bonds. The average Bonchev–Trinajstić information content (AvgIpc) is 1.86. The summed E-state index contributed by atoms with van der Waals surface area (Å²) in [7, 11) is 0. The van der Waals surface area contributed by atoms with Crippen LogP contribution in [0.25, 0.3) is 0 Å². The van der Waals surface area contributed by atoms with Gasteiger partial charge in [-0.25, -0.2) is 0 Å². The first-order valence-corrected chi connectivity index (χ1v) is 5.36. The van der Waals surface area contributed by atoms with Crippen molar-refractivity contribution in [3.05, 3.63) is 0 Å². The monoisotopic (exact) mass is 254 g/mol. The summed E-state index contributed by atoms with van der Waals surface area (Å²) >= 11 is 2.47. The molecule has 1 saturated heterocycles. The van der Waals surface area contributed by atoms with Crippen molar-refractivity contribution >= 4 is 22.6 Å². The Balaban J connectivity index is 2.40. The first-order chi connectivity index (χ1) is 4.64. The van der Waals surface area contributed by atoms with Gasteiger partial charge in [-0.3, -0.25) is 0 Å². The van der Waals surface area contributed by atoms with Gasteiger partial charge in [0, 0.05) is 11.0 Å². The lowest BCUT2D eigenvalue weighted by Crippen LogP contribution is -2.34. The van der Waals surface area contributed by atoms with Crippen molar-refractivity contribution in [1.29, 1.82) is 0 Å². The predicted molar refractivity (Wildman–Crippen MR) is 51.6 cm³/mol. The van der Waals surface area contributed by atoms with E-state index in [1.165, 1.54) is 17.3 Å². The number of halogens is 1. The summed E-state index contributed by atoms with van der Waals surface area (Å²) < 4.78 is 6.88. The minimum Gasteiger partial charge on any atom is -0.376 e. The lowest BCUT2D eigenvalue weighted by atomic mass is 9.90. The first-order valence-electron chi connectivity index (χ1n) is 3.84. The molecule has 0 radical (unpaired) electrons. The predicted octanol–water partition coefficient (Wildman–Crippen LogP) is 2.63. The van der Waals surface area contributed by atoms with Crippen LogP contribution in [0.2, 0.25) is 0 Å². The lowest BCUT2D eigenvalue weighted by Gasteiger charge is -2.34. The van der Waals surface area contributed by atoms with E-state index < -0.39 is 0 Å². The van der Waals surface area contributed by atoms with E-state index in [1.54, 1.807) is 0 Å². The van der Waals surface area contributed by atoms with Crippen molar-refractivity contribution in [1.82, 2.24) is 0 Å². The van der Waals surface area contributed by atoms with Crippen LogP contribution in [0.1, 0.15) is 26.7 Å². The zero-order chi connectivity index (χ0) is 7.61. The smallest absolute Gasteiger partial charge is 0.0629 e. The fourth-order valence-corrected chi connectivity index (χ4v) is 2.24. The fourth-order valence-electron chi connectivity index (χ4n) is 1.49. The second kappa shape index (κ2) is 3.39. The Hall–Kier alpha value is 0.690. The lowest BCUT2D eigenvalue weighted by molar-refractivity contribution is -0.0678. The van der Waals surface area contributed by atoms with E-state index in [9.17, 15) is 0 Å². The Morgan fingerprint density at radius 3 is 2.70 bits per heavy atom. The Labute approximate surface area is 76.7 Å². The van der Waals surface area contributed by atoms with Crippen molar-refractivity contribution < 1.29 is 4.74 Å². The van der Waals surface area contributed by atoms with E-state index >= 15 is 0 Å². The van der Waals surface area contributed by atoms with Gasteiger partial charge in [-0.05, 0) is 32.6 Å². The Morgan fingerprint density at radius 2 is 2.30 bits per heavy atom. The van der Waals surface area contributed by atoms with E-state index in [0.29, 0.717) is 0 Å². The fraction of sp³-hybridized carbons (Fsp3) is 1.00. The second-order valence-electron chi connectivity index (χ2n) is 3.62. The van der Waals surface area contributed by atoms with Gasteiger partial charge in [0.25, 0.3) is 0 Å². The molecule has 0 aromatic carbocycles. The molecule has 0 unspecified atom stereocenters. The quantitative estimate of drug-likeness (QED) is 0.516. The molecule has 0 aromatic heterocycles. The van der Waals surface area contributed by atoms with Gasteiger partial charge >= 0.3 is 0 Å². The molecule has 1 atom stereocenters. The molecule has 1 aliphatic heterocycles. The molecule has 1 fully saturated rings. The molecule has 60 valence electrons. The zero-order valence-electron chi connectivity index (χ0n) is 6.69. The van der Waals surface area contributed by atoms with E-state index in [-0.39, 0.29) is 5.60 Å². The number of hydrogen-bond acceptors (Lipinski definition) is 1. The third-order valence-corrected chi connectivity index (χ3v) is 3.26. The molecule has 0 aliphatic carbocycles. The molecule has 10 heavy (non-hydrogen) atoms. The number of hydrogen-bond donors (Lipinski definition) is 0. The average molecular weight is 254 g/mol. The first kappa shape index (κ1) is 8.78. The van der Waals surface area contributed by atoms with Gasteiger partial charge in [0.15, 0.2) is 0 Å². The third-order valence-electron chi connectivity index (χ3n) is 2.02. The number of alkyl halides is 1. The molecule has 2 heteroatoms. The normalized spacial score (nSPS) is 32.1. The van der Waals surface area contributed by atoms with Gasteiger partial charge in [0.05, 0.1) is 5.60 Å². The van der Waals surface area contributed by atoms with Crippen molar-refractivity contribution in [2.75, 3.05) is 11.0 Å². The molecule has 0 bridgehead atoms. The summed E-state index contributed by atoms with van der Waals surface area (Å²) in [6.07, 6.45) is 2.49. The van der Waals surface area contributed by atoms with Crippen LogP contribution >= 0.6 is 22.6 Å². The Bertz CT molecular complexity index is 112. The van der Waals surface area contributed by atoms with E-state index in [0.717, 1.165) is 12.5 Å². The summed E-state index contributed by atoms with van der Waals surface area (Å²) in [5, 5.41) is 0. The Morgan fingerprint density at radius 1 is 1.60 bits per heavy atom. The summed E-state index contributed by atoms with van der Waals surface area (Å²) in [4.78, 5) is 0. The van der Waals surface area contributed by atoms with Gasteiger partial charge in [0.2, 0.25) is 0 Å². The molecule has 1 rings (SSSR count). The maximum absolute atomic E-state index is 5.59. The van der Waals surface area contributed by atoms with Crippen molar-refractivity contribution in [2.24, 2.45) is 5.92 Å². The summed E-state index contributed by atoms with van der Waals surface area (Å²) in [5.41, 5.74) is 0.147. The highest BCUT2D eigenvalue weighted by atomic mass is 127. The summed E-state index contributed by atoms with van der Waals surface area (Å²) in [6, 6.07) is 0. The van der Waals surface area contributed by atoms with Crippen molar-refractivity contribution in [3.8, 4) is 0 Å². The van der Waals surface area contributed by atoms with Crippen LogP contribution in [0.3, 0.4) is 0 Å². The van der Waals surface area contributed by atoms with Gasteiger partial charge < -0.3 is 4.74 Å². The largest absolute Gasteiger partial charge is 0.376 e. The van der Waals surface area contributed by atoms with Gasteiger partial charge in [-0.15, -0.1) is 0 Å². The van der Waals surface area contributed by atoms with E-state index in [2.05, 4.69) is 36.4 Å². The van der Waals surface area contributed by atoms with E-state index in [4.69, 9.17) is 4.74 Å². The maximum atomic E-state index is 5.59. The molecular formula is C8H15IO. The topological polar surface area (TPSA) is 9.23 Å². The zero-order valence-corrected chi connectivity index (χ0v) is 8.85. The molecular weight excluding hydrogens is 239 g/mol. The van der Waals surface area contributed by atoms with Crippen LogP contribution in [-0.4, -0.2) is 16.6 Å². The number of rotatable bonds is 1. The highest BCUT2D eigenvalue weighted by Gasteiger charge is 2.27. The maximum Gasteiger partial charge on any atom is 0.0629 e. The summed E-state index contributed by atoms with van der Waals surface area (Å²) in [5.74, 6) is 0.893. The van der Waals surface area contributed by atoms with Crippen LogP contribution < -0.4 is 0 Å². The summed E-state index contributed by atoms with van der Waals surface area (Å²) in [6.45, 7) is 5.33. The molecule has 0 spiro atoms. The van der Waals surface area contributed by atoms with Crippen LogP contribution in [0.4, 0.5) is 0 Å². The third kappa shape index (κ3) is 2.38. The highest BCUT2D eigenvalue weighted by molar-refractivity contribution is 14.1. The minimum atomic E-state index is 0.147. The van der Waals surface area contributed by atoms with Crippen molar-refractivity contribution in [2.45, 2.75) is 32.3 Å². The van der Waals surface area contributed by atoms with Crippen LogP contribution in [0.15, 0.2) is 0 Å². The standard InChI is InChI=1S/C8H15IO/c1-8(2)5-7(6-9)3-4-10-8/h7H,3-6H2,1-2H3/t7-/m0/s1. The highest BCUT2D eigenvalue weighted by Crippen LogP contribution is 2.29. The van der Waals surface area contributed by atoms with Crippen LogP contribution in [0, 0.1) is 5.92 Å². The molecule has 0 N–H and O–H groups in total. The van der Waals surface area contributed by atoms with Crippen LogP contribution in [0.5, 0.6) is 0 Å². The van der Waals surface area contributed by atoms with Gasteiger partial charge in [0.1, 0.15) is 0 Å². The Kier molecular flexibility index (Phi) is 2.98.